The van der Waals surface area contributed by atoms with E-state index in [1.807, 2.05) is 24.3 Å². The molecular weight excluding hydrogens is 264 g/mol. The van der Waals surface area contributed by atoms with E-state index in [1.54, 1.807) is 19.5 Å². The molecule has 0 aliphatic carbocycles. The number of ether oxygens (including phenoxy) is 2. The highest BCUT2D eigenvalue weighted by Gasteiger charge is 2.05. The van der Waals surface area contributed by atoms with Gasteiger partial charge >= 0.3 is 0 Å². The van der Waals surface area contributed by atoms with E-state index in [4.69, 9.17) is 9.47 Å². The van der Waals surface area contributed by atoms with Crippen LogP contribution in [0.15, 0.2) is 42.7 Å². The molecule has 0 aliphatic heterocycles. The van der Waals surface area contributed by atoms with Gasteiger partial charge in [0.2, 0.25) is 0 Å². The molecule has 0 unspecified atom stereocenters. The highest BCUT2D eigenvalue weighted by molar-refractivity contribution is 5.43. The minimum absolute atomic E-state index is 0.618. The van der Waals surface area contributed by atoms with Crippen molar-refractivity contribution in [1.82, 2.24) is 10.3 Å². The van der Waals surface area contributed by atoms with E-state index < -0.39 is 0 Å². The van der Waals surface area contributed by atoms with E-state index in [-0.39, 0.29) is 0 Å². The van der Waals surface area contributed by atoms with Crippen molar-refractivity contribution in [3.8, 4) is 11.5 Å². The van der Waals surface area contributed by atoms with Gasteiger partial charge in [0.15, 0.2) is 11.5 Å². The summed E-state index contributed by atoms with van der Waals surface area (Å²) in [6.45, 7) is 4.50. The standard InChI is InChI=1S/C17H22N2O2/c1-3-18-13-15-4-5-16(17(12-15)20-2)21-11-8-14-6-9-19-10-7-14/h4-7,9-10,12,18H,3,8,11,13H2,1-2H3. The average Bonchev–Trinajstić information content (AvgIpc) is 2.54. The number of benzene rings is 1. The van der Waals surface area contributed by atoms with Crippen molar-refractivity contribution < 1.29 is 9.47 Å². The first kappa shape index (κ1) is 15.3. The quantitative estimate of drug-likeness (QED) is 0.810. The second-order valence-corrected chi connectivity index (χ2v) is 4.72. The number of hydrogen-bond acceptors (Lipinski definition) is 4. The lowest BCUT2D eigenvalue weighted by molar-refractivity contribution is 0.297. The van der Waals surface area contributed by atoms with Crippen LogP contribution in [-0.2, 0) is 13.0 Å². The molecule has 1 aromatic heterocycles. The van der Waals surface area contributed by atoms with Crippen LogP contribution < -0.4 is 14.8 Å². The summed E-state index contributed by atoms with van der Waals surface area (Å²) >= 11 is 0. The van der Waals surface area contributed by atoms with Crippen LogP contribution in [0.1, 0.15) is 18.1 Å². The molecule has 0 saturated heterocycles. The smallest absolute Gasteiger partial charge is 0.161 e. The number of nitrogens with zero attached hydrogens (tertiary/aromatic N) is 1. The number of hydrogen-bond donors (Lipinski definition) is 1. The first-order chi connectivity index (χ1) is 10.3. The molecule has 0 saturated carbocycles. The van der Waals surface area contributed by atoms with Crippen LogP contribution in [0.25, 0.3) is 0 Å². The van der Waals surface area contributed by atoms with Gasteiger partial charge in [-0.1, -0.05) is 13.0 Å². The molecule has 1 N–H and O–H groups in total. The summed E-state index contributed by atoms with van der Waals surface area (Å²) < 4.78 is 11.2. The van der Waals surface area contributed by atoms with E-state index in [0.717, 1.165) is 31.0 Å². The fourth-order valence-corrected chi connectivity index (χ4v) is 2.04. The monoisotopic (exact) mass is 286 g/mol. The number of aromatic nitrogens is 1. The maximum absolute atomic E-state index is 5.83. The first-order valence-electron chi connectivity index (χ1n) is 7.22. The molecule has 0 bridgehead atoms. The molecule has 0 aliphatic rings. The van der Waals surface area contributed by atoms with Crippen molar-refractivity contribution in [1.29, 1.82) is 0 Å². The van der Waals surface area contributed by atoms with Crippen molar-refractivity contribution in [3.63, 3.8) is 0 Å². The zero-order valence-corrected chi connectivity index (χ0v) is 12.6. The molecule has 1 aromatic carbocycles. The SMILES string of the molecule is CCNCc1ccc(OCCc2ccncc2)c(OC)c1. The summed E-state index contributed by atoms with van der Waals surface area (Å²) in [5, 5.41) is 3.30. The van der Waals surface area contributed by atoms with Gasteiger partial charge in [-0.25, -0.2) is 0 Å². The summed E-state index contributed by atoms with van der Waals surface area (Å²) in [5.74, 6) is 1.56. The van der Waals surface area contributed by atoms with Gasteiger partial charge in [-0.05, 0) is 41.9 Å². The van der Waals surface area contributed by atoms with E-state index in [0.29, 0.717) is 6.61 Å². The van der Waals surface area contributed by atoms with Gasteiger partial charge in [-0.2, -0.15) is 0 Å². The highest BCUT2D eigenvalue weighted by Crippen LogP contribution is 2.28. The van der Waals surface area contributed by atoms with Crippen molar-refractivity contribution in [3.05, 3.63) is 53.9 Å². The van der Waals surface area contributed by atoms with E-state index in [9.17, 15) is 0 Å². The Labute approximate surface area is 126 Å². The summed E-state index contributed by atoms with van der Waals surface area (Å²) in [6, 6.07) is 10.1. The summed E-state index contributed by atoms with van der Waals surface area (Å²) in [4.78, 5) is 4.01. The maximum Gasteiger partial charge on any atom is 0.161 e. The second kappa shape index (κ2) is 8.27. The van der Waals surface area contributed by atoms with Crippen molar-refractivity contribution >= 4 is 0 Å². The van der Waals surface area contributed by atoms with Gasteiger partial charge < -0.3 is 14.8 Å². The normalized spacial score (nSPS) is 10.4. The van der Waals surface area contributed by atoms with Gasteiger partial charge in [-0.15, -0.1) is 0 Å². The van der Waals surface area contributed by atoms with Gasteiger partial charge in [0, 0.05) is 25.4 Å². The molecule has 0 radical (unpaired) electrons. The van der Waals surface area contributed by atoms with Crippen LogP contribution >= 0.6 is 0 Å². The summed E-state index contributed by atoms with van der Waals surface area (Å²) in [6.07, 6.45) is 4.45. The Hall–Kier alpha value is -2.07. The highest BCUT2D eigenvalue weighted by atomic mass is 16.5. The fraction of sp³-hybridized carbons (Fsp3) is 0.353. The van der Waals surface area contributed by atoms with E-state index in [2.05, 4.69) is 23.3 Å². The van der Waals surface area contributed by atoms with Gasteiger partial charge in [0.25, 0.3) is 0 Å². The van der Waals surface area contributed by atoms with Crippen LogP contribution in [0.2, 0.25) is 0 Å². The zero-order chi connectivity index (χ0) is 14.9. The van der Waals surface area contributed by atoms with Crippen molar-refractivity contribution in [2.45, 2.75) is 19.9 Å². The third-order valence-corrected chi connectivity index (χ3v) is 3.20. The predicted molar refractivity (Wildman–Crippen MR) is 83.8 cm³/mol. The Bertz CT molecular complexity index is 544. The number of rotatable bonds is 8. The van der Waals surface area contributed by atoms with Crippen LogP contribution in [0.5, 0.6) is 11.5 Å². The minimum atomic E-state index is 0.618. The van der Waals surface area contributed by atoms with Gasteiger partial charge in [0.05, 0.1) is 13.7 Å². The average molecular weight is 286 g/mol. The Balaban J connectivity index is 1.93. The molecule has 0 amide bonds. The first-order valence-corrected chi connectivity index (χ1v) is 7.22. The third-order valence-electron chi connectivity index (χ3n) is 3.20. The number of nitrogens with one attached hydrogen (secondary N) is 1. The molecule has 0 fully saturated rings. The number of methoxy groups -OCH3 is 1. The molecule has 0 atom stereocenters. The largest absolute Gasteiger partial charge is 0.493 e. The summed E-state index contributed by atoms with van der Waals surface area (Å²) in [5.41, 5.74) is 2.41. The second-order valence-electron chi connectivity index (χ2n) is 4.72. The van der Waals surface area contributed by atoms with E-state index >= 15 is 0 Å². The zero-order valence-electron chi connectivity index (χ0n) is 12.6. The van der Waals surface area contributed by atoms with Crippen LogP contribution in [0.3, 0.4) is 0 Å². The molecule has 21 heavy (non-hydrogen) atoms. The van der Waals surface area contributed by atoms with Crippen LogP contribution in [-0.4, -0.2) is 25.2 Å². The molecule has 2 rings (SSSR count). The Kier molecular flexibility index (Phi) is 6.03. The van der Waals surface area contributed by atoms with Crippen LogP contribution in [0.4, 0.5) is 0 Å². The molecule has 112 valence electrons. The lowest BCUT2D eigenvalue weighted by Crippen LogP contribution is -2.11. The van der Waals surface area contributed by atoms with Gasteiger partial charge in [0.1, 0.15) is 0 Å². The Morgan fingerprint density at radius 2 is 1.86 bits per heavy atom. The molecule has 2 aromatic rings. The number of pyridine rings is 1. The lowest BCUT2D eigenvalue weighted by atomic mass is 10.2. The Morgan fingerprint density at radius 3 is 2.57 bits per heavy atom. The molecular formula is C17H22N2O2. The molecule has 0 spiro atoms. The molecule has 1 heterocycles. The minimum Gasteiger partial charge on any atom is -0.493 e. The van der Waals surface area contributed by atoms with Crippen molar-refractivity contribution in [2.24, 2.45) is 0 Å². The third kappa shape index (κ3) is 4.76. The lowest BCUT2D eigenvalue weighted by Gasteiger charge is -2.12. The predicted octanol–water partition coefficient (Wildman–Crippen LogP) is 2.82. The fourth-order valence-electron chi connectivity index (χ4n) is 2.04. The summed E-state index contributed by atoms with van der Waals surface area (Å²) in [7, 11) is 1.67. The maximum atomic E-state index is 5.83. The van der Waals surface area contributed by atoms with Gasteiger partial charge in [-0.3, -0.25) is 4.98 Å². The van der Waals surface area contributed by atoms with Crippen LogP contribution in [0, 0.1) is 0 Å². The molecule has 4 nitrogen and oxygen atoms in total. The van der Waals surface area contributed by atoms with E-state index in [1.165, 1.54) is 11.1 Å². The topological polar surface area (TPSA) is 43.4 Å². The Morgan fingerprint density at radius 1 is 1.05 bits per heavy atom. The van der Waals surface area contributed by atoms with Crippen molar-refractivity contribution in [2.75, 3.05) is 20.3 Å². The molecule has 4 heteroatoms.